The molecule has 0 aliphatic carbocycles. The van der Waals surface area contributed by atoms with Crippen molar-refractivity contribution in [2.24, 2.45) is 0 Å². The lowest BCUT2D eigenvalue weighted by Crippen LogP contribution is -2.01. The first kappa shape index (κ1) is 11.7. The summed E-state index contributed by atoms with van der Waals surface area (Å²) in [7, 11) is 1.68. The summed E-state index contributed by atoms with van der Waals surface area (Å²) in [6.45, 7) is 5.14. The quantitative estimate of drug-likeness (QED) is 0.874. The van der Waals surface area contributed by atoms with Gasteiger partial charge in [-0.05, 0) is 37.6 Å². The van der Waals surface area contributed by atoms with Gasteiger partial charge in [0.05, 0.1) is 12.6 Å². The summed E-state index contributed by atoms with van der Waals surface area (Å²) in [4.78, 5) is 4.52. The number of pyridine rings is 1. The van der Waals surface area contributed by atoms with E-state index in [0.717, 1.165) is 41.0 Å². The molecule has 3 heteroatoms. The first-order valence-corrected chi connectivity index (χ1v) is 5.94. The number of rotatable bonds is 4. The van der Waals surface area contributed by atoms with Gasteiger partial charge in [0.15, 0.2) is 0 Å². The van der Waals surface area contributed by atoms with Crippen LogP contribution in [0.3, 0.4) is 0 Å². The second kappa shape index (κ2) is 5.04. The molecule has 17 heavy (non-hydrogen) atoms. The van der Waals surface area contributed by atoms with Gasteiger partial charge < -0.3 is 10.1 Å². The summed E-state index contributed by atoms with van der Waals surface area (Å²) in [5.74, 6) is 0.864. The number of aryl methyl sites for hydroxylation is 1. The molecule has 2 aromatic rings. The number of benzene rings is 1. The molecule has 0 radical (unpaired) electrons. The molecule has 1 heterocycles. The van der Waals surface area contributed by atoms with Crippen molar-refractivity contribution in [1.82, 2.24) is 4.98 Å². The minimum Gasteiger partial charge on any atom is -0.497 e. The van der Waals surface area contributed by atoms with E-state index in [1.54, 1.807) is 7.11 Å². The summed E-state index contributed by atoms with van der Waals surface area (Å²) in [6, 6.07) is 8.05. The average molecular weight is 230 g/mol. The smallest absolute Gasteiger partial charge is 0.119 e. The highest BCUT2D eigenvalue weighted by Crippen LogP contribution is 2.27. The minimum atomic E-state index is 0.864. The first-order valence-electron chi connectivity index (χ1n) is 5.94. The van der Waals surface area contributed by atoms with Gasteiger partial charge in [0.25, 0.3) is 0 Å². The van der Waals surface area contributed by atoms with E-state index in [1.165, 1.54) is 0 Å². The van der Waals surface area contributed by atoms with Crippen LogP contribution in [0.15, 0.2) is 24.3 Å². The standard InChI is InChI=1S/C14H18N2O/c1-4-7-15-14-8-10(2)16-13-6-5-11(17-3)9-12(13)14/h5-6,8-9H,4,7H2,1-3H3,(H,15,16). The topological polar surface area (TPSA) is 34.2 Å². The van der Waals surface area contributed by atoms with Gasteiger partial charge in [-0.3, -0.25) is 4.98 Å². The summed E-state index contributed by atoms with van der Waals surface area (Å²) in [5.41, 5.74) is 3.17. The summed E-state index contributed by atoms with van der Waals surface area (Å²) in [6.07, 6.45) is 1.10. The van der Waals surface area contributed by atoms with Crippen molar-refractivity contribution in [2.45, 2.75) is 20.3 Å². The summed E-state index contributed by atoms with van der Waals surface area (Å²) >= 11 is 0. The van der Waals surface area contributed by atoms with Crippen LogP contribution in [-0.4, -0.2) is 18.6 Å². The fourth-order valence-corrected chi connectivity index (χ4v) is 1.87. The van der Waals surface area contributed by atoms with Gasteiger partial charge in [-0.15, -0.1) is 0 Å². The fraction of sp³-hybridized carbons (Fsp3) is 0.357. The van der Waals surface area contributed by atoms with Crippen LogP contribution in [0.4, 0.5) is 5.69 Å². The molecular weight excluding hydrogens is 212 g/mol. The monoisotopic (exact) mass is 230 g/mol. The Bertz CT molecular complexity index is 523. The van der Waals surface area contributed by atoms with Crippen LogP contribution in [0.1, 0.15) is 19.0 Å². The number of fused-ring (bicyclic) bond motifs is 1. The Morgan fingerprint density at radius 1 is 1.29 bits per heavy atom. The lowest BCUT2D eigenvalue weighted by Gasteiger charge is -2.11. The summed E-state index contributed by atoms with van der Waals surface area (Å²) < 4.78 is 5.26. The summed E-state index contributed by atoms with van der Waals surface area (Å²) in [5, 5.41) is 4.55. The van der Waals surface area contributed by atoms with Crippen molar-refractivity contribution in [3.8, 4) is 5.75 Å². The number of aromatic nitrogens is 1. The van der Waals surface area contributed by atoms with E-state index in [9.17, 15) is 0 Å². The number of anilines is 1. The molecule has 0 spiro atoms. The molecule has 1 aromatic carbocycles. The van der Waals surface area contributed by atoms with Crippen molar-refractivity contribution < 1.29 is 4.74 Å². The van der Waals surface area contributed by atoms with Crippen LogP contribution in [0.25, 0.3) is 10.9 Å². The van der Waals surface area contributed by atoms with Crippen molar-refractivity contribution in [2.75, 3.05) is 19.0 Å². The predicted octanol–water partition coefficient (Wildman–Crippen LogP) is 3.37. The maximum Gasteiger partial charge on any atom is 0.119 e. The molecule has 0 aliphatic heterocycles. The number of hydrogen-bond acceptors (Lipinski definition) is 3. The molecule has 3 nitrogen and oxygen atoms in total. The van der Waals surface area contributed by atoms with Crippen LogP contribution in [0.2, 0.25) is 0 Å². The van der Waals surface area contributed by atoms with Gasteiger partial charge in [0, 0.05) is 23.3 Å². The zero-order valence-electron chi connectivity index (χ0n) is 10.6. The van der Waals surface area contributed by atoms with E-state index in [1.807, 2.05) is 25.1 Å². The highest BCUT2D eigenvalue weighted by Gasteiger charge is 2.04. The number of nitrogens with one attached hydrogen (secondary N) is 1. The Hall–Kier alpha value is -1.77. The zero-order chi connectivity index (χ0) is 12.3. The molecule has 0 amide bonds. The molecule has 0 fully saturated rings. The highest BCUT2D eigenvalue weighted by molar-refractivity contribution is 5.92. The average Bonchev–Trinajstić information content (AvgIpc) is 2.35. The van der Waals surface area contributed by atoms with E-state index in [-0.39, 0.29) is 0 Å². The first-order chi connectivity index (χ1) is 8.24. The van der Waals surface area contributed by atoms with Crippen molar-refractivity contribution in [3.05, 3.63) is 30.0 Å². The van der Waals surface area contributed by atoms with E-state index >= 15 is 0 Å². The molecule has 0 aliphatic rings. The molecule has 0 bridgehead atoms. The Morgan fingerprint density at radius 2 is 2.12 bits per heavy atom. The molecular formula is C14H18N2O. The third kappa shape index (κ3) is 2.49. The Morgan fingerprint density at radius 3 is 2.82 bits per heavy atom. The van der Waals surface area contributed by atoms with E-state index in [2.05, 4.69) is 23.3 Å². The lowest BCUT2D eigenvalue weighted by atomic mass is 10.1. The van der Waals surface area contributed by atoms with Gasteiger partial charge in [0.2, 0.25) is 0 Å². The van der Waals surface area contributed by atoms with Crippen molar-refractivity contribution in [1.29, 1.82) is 0 Å². The van der Waals surface area contributed by atoms with Crippen LogP contribution in [-0.2, 0) is 0 Å². The number of nitrogens with zero attached hydrogens (tertiary/aromatic N) is 1. The maximum atomic E-state index is 5.26. The van der Waals surface area contributed by atoms with Crippen LogP contribution >= 0.6 is 0 Å². The Kier molecular flexibility index (Phi) is 3.47. The normalized spacial score (nSPS) is 10.5. The van der Waals surface area contributed by atoms with Gasteiger partial charge in [-0.1, -0.05) is 6.92 Å². The van der Waals surface area contributed by atoms with E-state index in [0.29, 0.717) is 0 Å². The molecule has 1 N–H and O–H groups in total. The molecule has 0 saturated heterocycles. The maximum absolute atomic E-state index is 5.26. The van der Waals surface area contributed by atoms with Gasteiger partial charge in [-0.25, -0.2) is 0 Å². The number of ether oxygens (including phenoxy) is 1. The second-order valence-electron chi connectivity index (χ2n) is 4.12. The fourth-order valence-electron chi connectivity index (χ4n) is 1.87. The molecule has 2 rings (SSSR count). The van der Waals surface area contributed by atoms with Crippen LogP contribution < -0.4 is 10.1 Å². The third-order valence-electron chi connectivity index (χ3n) is 2.71. The van der Waals surface area contributed by atoms with Gasteiger partial charge >= 0.3 is 0 Å². The number of hydrogen-bond donors (Lipinski definition) is 1. The second-order valence-corrected chi connectivity index (χ2v) is 4.12. The van der Waals surface area contributed by atoms with Crippen LogP contribution in [0.5, 0.6) is 5.75 Å². The Balaban J connectivity index is 2.53. The van der Waals surface area contributed by atoms with Crippen molar-refractivity contribution in [3.63, 3.8) is 0 Å². The van der Waals surface area contributed by atoms with Gasteiger partial charge in [-0.2, -0.15) is 0 Å². The zero-order valence-corrected chi connectivity index (χ0v) is 10.6. The van der Waals surface area contributed by atoms with E-state index in [4.69, 9.17) is 4.74 Å². The molecule has 0 atom stereocenters. The lowest BCUT2D eigenvalue weighted by molar-refractivity contribution is 0.415. The predicted molar refractivity (Wildman–Crippen MR) is 71.8 cm³/mol. The molecule has 90 valence electrons. The Labute approximate surface area is 102 Å². The van der Waals surface area contributed by atoms with Gasteiger partial charge in [0.1, 0.15) is 5.75 Å². The highest BCUT2D eigenvalue weighted by atomic mass is 16.5. The SMILES string of the molecule is CCCNc1cc(C)nc2ccc(OC)cc12. The number of methoxy groups -OCH3 is 1. The largest absolute Gasteiger partial charge is 0.497 e. The molecule has 0 saturated carbocycles. The molecule has 1 aromatic heterocycles. The van der Waals surface area contributed by atoms with Crippen LogP contribution in [0, 0.1) is 6.92 Å². The molecule has 0 unspecified atom stereocenters. The van der Waals surface area contributed by atoms with Crippen molar-refractivity contribution >= 4 is 16.6 Å². The van der Waals surface area contributed by atoms with E-state index < -0.39 is 0 Å². The minimum absolute atomic E-state index is 0.864. The third-order valence-corrected chi connectivity index (χ3v) is 2.71.